The second kappa shape index (κ2) is 11.2. The molecule has 0 aliphatic carbocycles. The number of carbonyl (C=O) groups excluding carboxylic acids is 2. The van der Waals surface area contributed by atoms with Crippen LogP contribution in [0.5, 0.6) is 0 Å². The number of ether oxygens (including phenoxy) is 1. The Balaban J connectivity index is 0.00000105. The van der Waals surface area contributed by atoms with Gasteiger partial charge in [-0.2, -0.15) is 0 Å². The molecule has 1 fully saturated rings. The van der Waals surface area contributed by atoms with Crippen LogP contribution in [-0.4, -0.2) is 64.1 Å². The van der Waals surface area contributed by atoms with Crippen LogP contribution in [0.25, 0.3) is 0 Å². The summed E-state index contributed by atoms with van der Waals surface area (Å²) in [6.07, 6.45) is 5.18. The Hall–Kier alpha value is -2.42. The summed E-state index contributed by atoms with van der Waals surface area (Å²) in [5.74, 6) is -0.371. The minimum Gasteiger partial charge on any atom is -0.483 e. The van der Waals surface area contributed by atoms with Gasteiger partial charge in [0, 0.05) is 45.3 Å². The van der Waals surface area contributed by atoms with Gasteiger partial charge in [0.25, 0.3) is 6.47 Å². The summed E-state index contributed by atoms with van der Waals surface area (Å²) in [5, 5.41) is 9.87. The number of hydrogen-bond donors (Lipinski definition) is 2. The lowest BCUT2D eigenvalue weighted by atomic mass is 10.0. The van der Waals surface area contributed by atoms with Crippen LogP contribution in [0.15, 0.2) is 12.5 Å². The first kappa shape index (κ1) is 21.6. The maximum Gasteiger partial charge on any atom is 0.309 e. The van der Waals surface area contributed by atoms with E-state index in [1.807, 2.05) is 12.5 Å². The van der Waals surface area contributed by atoms with E-state index in [2.05, 4.69) is 26.7 Å². The summed E-state index contributed by atoms with van der Waals surface area (Å²) in [4.78, 5) is 38.1. The normalized spacial score (nSPS) is 20.3. The van der Waals surface area contributed by atoms with E-state index in [0.29, 0.717) is 13.1 Å². The molecule has 0 bridgehead atoms. The molecule has 1 amide bonds. The van der Waals surface area contributed by atoms with Gasteiger partial charge in [-0.25, -0.2) is 4.98 Å². The van der Waals surface area contributed by atoms with Crippen LogP contribution in [0.3, 0.4) is 0 Å². The fraction of sp³-hybridized carbons (Fsp3) is 0.647. The summed E-state index contributed by atoms with van der Waals surface area (Å²) in [7, 11) is 1.43. The van der Waals surface area contributed by atoms with Crippen LogP contribution in [0.2, 0.25) is 0 Å². The molecule has 9 nitrogen and oxygen atoms in total. The van der Waals surface area contributed by atoms with Gasteiger partial charge >= 0.3 is 5.97 Å². The lowest BCUT2D eigenvalue weighted by molar-refractivity contribution is -0.146. The average Bonchev–Trinajstić information content (AvgIpc) is 2.95. The predicted octanol–water partition coefficient (Wildman–Crippen LogP) is 0.494. The molecule has 26 heavy (non-hydrogen) atoms. The van der Waals surface area contributed by atoms with Gasteiger partial charge in [-0.15, -0.1) is 0 Å². The van der Waals surface area contributed by atoms with E-state index in [4.69, 9.17) is 14.6 Å². The molecular weight excluding hydrogens is 340 g/mol. The van der Waals surface area contributed by atoms with Crippen molar-refractivity contribution in [2.75, 3.05) is 20.2 Å². The zero-order valence-corrected chi connectivity index (χ0v) is 15.6. The third-order valence-electron chi connectivity index (χ3n) is 4.29. The monoisotopic (exact) mass is 368 g/mol. The highest BCUT2D eigenvalue weighted by Gasteiger charge is 2.29. The number of carbonyl (C=O) groups is 3. The van der Waals surface area contributed by atoms with Crippen LogP contribution in [0.4, 0.5) is 0 Å². The molecular formula is C17H28N4O5. The second-order valence-electron chi connectivity index (χ2n) is 6.17. The minimum absolute atomic E-state index is 0.0370. The van der Waals surface area contributed by atoms with Crippen LogP contribution in [0.1, 0.15) is 32.4 Å². The number of amides is 1. The van der Waals surface area contributed by atoms with Crippen LogP contribution in [-0.2, 0) is 32.2 Å². The Morgan fingerprint density at radius 3 is 2.69 bits per heavy atom. The molecule has 1 aliphatic rings. The number of likely N-dealkylation sites (tertiary alicyclic amines) is 1. The van der Waals surface area contributed by atoms with Crippen molar-refractivity contribution in [3.63, 3.8) is 0 Å². The topological polar surface area (TPSA) is 114 Å². The Labute approximate surface area is 153 Å². The molecule has 146 valence electrons. The molecule has 0 unspecified atom stereocenters. The van der Waals surface area contributed by atoms with Crippen LogP contribution < -0.4 is 5.32 Å². The van der Waals surface area contributed by atoms with Crippen molar-refractivity contribution in [2.24, 2.45) is 5.92 Å². The molecule has 9 heteroatoms. The number of aromatic nitrogens is 2. The molecule has 2 heterocycles. The first-order valence-electron chi connectivity index (χ1n) is 8.59. The summed E-state index contributed by atoms with van der Waals surface area (Å²) in [5.41, 5.74) is 1.11. The average molecular weight is 368 g/mol. The van der Waals surface area contributed by atoms with E-state index in [1.165, 1.54) is 14.0 Å². The number of nitrogens with zero attached hydrogens (tertiary/aromatic N) is 3. The Bertz CT molecular complexity index is 589. The maximum absolute atomic E-state index is 12.0. The maximum atomic E-state index is 12.0. The SMILES string of the molecule is CCn1cncc1CN1C[C@H](NC(C)=O)CC[C@H](C(=O)OC)C1.O=CO. The fourth-order valence-electron chi connectivity index (χ4n) is 3.17. The highest BCUT2D eigenvalue weighted by atomic mass is 16.5. The molecule has 1 aromatic rings. The fourth-order valence-corrected chi connectivity index (χ4v) is 3.17. The molecule has 0 radical (unpaired) electrons. The first-order chi connectivity index (χ1) is 12.4. The molecule has 2 rings (SSSR count). The van der Waals surface area contributed by atoms with Gasteiger partial charge < -0.3 is 19.7 Å². The molecule has 1 aromatic heterocycles. The number of methoxy groups -OCH3 is 1. The number of aryl methyl sites for hydroxylation is 1. The van der Waals surface area contributed by atoms with Crippen molar-refractivity contribution in [2.45, 2.75) is 45.8 Å². The first-order valence-corrected chi connectivity index (χ1v) is 8.59. The van der Waals surface area contributed by atoms with E-state index in [1.54, 1.807) is 0 Å². The van der Waals surface area contributed by atoms with Crippen molar-refractivity contribution in [1.29, 1.82) is 0 Å². The lowest BCUT2D eigenvalue weighted by Crippen LogP contribution is -2.42. The third-order valence-corrected chi connectivity index (χ3v) is 4.29. The quantitative estimate of drug-likeness (QED) is 0.574. The molecule has 2 N–H and O–H groups in total. The summed E-state index contributed by atoms with van der Waals surface area (Å²) >= 11 is 0. The van der Waals surface area contributed by atoms with Gasteiger partial charge in [0.1, 0.15) is 0 Å². The lowest BCUT2D eigenvalue weighted by Gasteiger charge is -2.26. The van der Waals surface area contributed by atoms with Crippen LogP contribution in [0, 0.1) is 5.92 Å². The Morgan fingerprint density at radius 1 is 1.42 bits per heavy atom. The van der Waals surface area contributed by atoms with E-state index in [9.17, 15) is 9.59 Å². The van der Waals surface area contributed by atoms with Gasteiger partial charge in [-0.05, 0) is 19.8 Å². The summed E-state index contributed by atoms with van der Waals surface area (Å²) < 4.78 is 7.01. The Kier molecular flexibility index (Phi) is 9.35. The van der Waals surface area contributed by atoms with E-state index >= 15 is 0 Å². The third kappa shape index (κ3) is 6.83. The van der Waals surface area contributed by atoms with Crippen molar-refractivity contribution in [3.8, 4) is 0 Å². The number of carboxylic acid groups (broad SMARTS) is 1. The number of hydrogen-bond acceptors (Lipinski definition) is 6. The molecule has 0 saturated carbocycles. The van der Waals surface area contributed by atoms with E-state index < -0.39 is 0 Å². The predicted molar refractivity (Wildman–Crippen MR) is 94.2 cm³/mol. The van der Waals surface area contributed by atoms with Gasteiger partial charge in [-0.3, -0.25) is 19.3 Å². The number of imidazole rings is 1. The van der Waals surface area contributed by atoms with Gasteiger partial charge in [-0.1, -0.05) is 0 Å². The van der Waals surface area contributed by atoms with Gasteiger partial charge in [0.2, 0.25) is 5.91 Å². The second-order valence-corrected chi connectivity index (χ2v) is 6.17. The van der Waals surface area contributed by atoms with Crippen molar-refractivity contribution in [3.05, 3.63) is 18.2 Å². The van der Waals surface area contributed by atoms with Gasteiger partial charge in [0.05, 0.1) is 25.0 Å². The highest BCUT2D eigenvalue weighted by molar-refractivity contribution is 5.73. The summed E-state index contributed by atoms with van der Waals surface area (Å²) in [6, 6.07) is 0.0557. The number of esters is 1. The van der Waals surface area contributed by atoms with E-state index in [0.717, 1.165) is 31.6 Å². The smallest absolute Gasteiger partial charge is 0.309 e. The molecule has 1 saturated heterocycles. The van der Waals surface area contributed by atoms with Crippen molar-refractivity contribution >= 4 is 18.3 Å². The largest absolute Gasteiger partial charge is 0.483 e. The summed E-state index contributed by atoms with van der Waals surface area (Å²) in [6.45, 7) is 6.28. The number of nitrogens with one attached hydrogen (secondary N) is 1. The molecule has 2 atom stereocenters. The van der Waals surface area contributed by atoms with E-state index in [-0.39, 0.29) is 30.3 Å². The van der Waals surface area contributed by atoms with Crippen LogP contribution >= 0.6 is 0 Å². The minimum atomic E-state index is -0.250. The van der Waals surface area contributed by atoms with Gasteiger partial charge in [0.15, 0.2) is 0 Å². The molecule has 0 aromatic carbocycles. The standard InChI is InChI=1S/C16H26N4O3.CH2O2/c1-4-20-11-17-7-15(20)10-19-8-13(16(22)23-3)5-6-14(9-19)18-12(2)21;2-1-3/h7,11,13-14H,4-6,8-10H2,1-3H3,(H,18,21);1H,(H,2,3)/t13-,14+;/m0./s1. The molecule has 0 spiro atoms. The zero-order valence-electron chi connectivity index (χ0n) is 15.6. The molecule has 1 aliphatic heterocycles. The highest BCUT2D eigenvalue weighted by Crippen LogP contribution is 2.20. The Morgan fingerprint density at radius 2 is 2.12 bits per heavy atom. The zero-order chi connectivity index (χ0) is 19.5. The number of rotatable bonds is 5. The van der Waals surface area contributed by atoms with Crippen molar-refractivity contribution < 1.29 is 24.2 Å². The van der Waals surface area contributed by atoms with Crippen molar-refractivity contribution in [1.82, 2.24) is 19.8 Å².